The van der Waals surface area contributed by atoms with Gasteiger partial charge >= 0.3 is 6.36 Å². The zero-order valence-corrected chi connectivity index (χ0v) is 15.5. The van der Waals surface area contributed by atoms with E-state index in [1.807, 2.05) is 18.2 Å². The van der Waals surface area contributed by atoms with E-state index in [1.165, 1.54) is 29.8 Å². The van der Waals surface area contributed by atoms with Crippen LogP contribution >= 0.6 is 0 Å². The number of hydrogen-bond acceptors (Lipinski definition) is 4. The van der Waals surface area contributed by atoms with Crippen molar-refractivity contribution in [2.45, 2.75) is 19.3 Å². The third-order valence-corrected chi connectivity index (χ3v) is 4.78. The van der Waals surface area contributed by atoms with Crippen molar-refractivity contribution in [3.8, 4) is 5.75 Å². The summed E-state index contributed by atoms with van der Waals surface area (Å²) in [6.45, 7) is 5.29. The molecule has 0 N–H and O–H groups in total. The predicted octanol–water partition coefficient (Wildman–Crippen LogP) is 3.98. The Hall–Kier alpha value is -2.38. The molecule has 2 aromatic rings. The minimum atomic E-state index is -4.73. The highest BCUT2D eigenvalue weighted by Crippen LogP contribution is 2.23. The highest BCUT2D eigenvalue weighted by atomic mass is 19.4. The lowest BCUT2D eigenvalue weighted by Gasteiger charge is -2.34. The molecule has 1 fully saturated rings. The Kier molecular flexibility index (Phi) is 6.70. The van der Waals surface area contributed by atoms with Crippen LogP contribution in [-0.4, -0.2) is 54.7 Å². The molecule has 2 aromatic carbocycles. The fourth-order valence-electron chi connectivity index (χ4n) is 3.26. The van der Waals surface area contributed by atoms with E-state index in [0.717, 1.165) is 32.7 Å². The van der Waals surface area contributed by atoms with E-state index >= 15 is 0 Å². The van der Waals surface area contributed by atoms with E-state index < -0.39 is 6.36 Å². The van der Waals surface area contributed by atoms with Gasteiger partial charge < -0.3 is 9.64 Å². The number of alkyl halides is 3. The van der Waals surface area contributed by atoms with E-state index in [1.54, 1.807) is 0 Å². The molecule has 0 amide bonds. The molecule has 0 saturated carbocycles. The Balaban J connectivity index is 1.40. The van der Waals surface area contributed by atoms with Crippen molar-refractivity contribution in [2.24, 2.45) is 0 Å². The maximum absolute atomic E-state index is 12.3. The van der Waals surface area contributed by atoms with E-state index in [9.17, 15) is 18.0 Å². The Labute approximate surface area is 162 Å². The fraction of sp³-hybridized carbons (Fsp3) is 0.381. The number of benzene rings is 2. The van der Waals surface area contributed by atoms with Crippen LogP contribution in [0.1, 0.15) is 22.3 Å². The van der Waals surface area contributed by atoms with E-state index in [0.29, 0.717) is 18.5 Å². The number of ketones is 1. The van der Waals surface area contributed by atoms with Crippen molar-refractivity contribution in [2.75, 3.05) is 32.7 Å². The van der Waals surface area contributed by atoms with Crippen molar-refractivity contribution in [1.29, 1.82) is 0 Å². The Morgan fingerprint density at radius 1 is 0.893 bits per heavy atom. The minimum Gasteiger partial charge on any atom is -0.406 e. The van der Waals surface area contributed by atoms with Gasteiger partial charge in [0.15, 0.2) is 5.78 Å². The summed E-state index contributed by atoms with van der Waals surface area (Å²) >= 11 is 0. The molecule has 0 unspecified atom stereocenters. The molecule has 0 aromatic heterocycles. The van der Waals surface area contributed by atoms with Gasteiger partial charge in [0.1, 0.15) is 5.75 Å². The van der Waals surface area contributed by atoms with Gasteiger partial charge in [-0.25, -0.2) is 0 Å². The molecule has 4 nitrogen and oxygen atoms in total. The summed E-state index contributed by atoms with van der Waals surface area (Å²) in [5.74, 6) is -0.399. The molecule has 7 heteroatoms. The van der Waals surface area contributed by atoms with Crippen LogP contribution in [-0.2, 0) is 6.54 Å². The summed E-state index contributed by atoms with van der Waals surface area (Å²) in [6, 6.07) is 15.4. The van der Waals surface area contributed by atoms with E-state index in [2.05, 4.69) is 26.7 Å². The average Bonchev–Trinajstić information content (AvgIpc) is 2.67. The topological polar surface area (TPSA) is 32.8 Å². The predicted molar refractivity (Wildman–Crippen MR) is 100 cm³/mol. The van der Waals surface area contributed by atoms with Crippen molar-refractivity contribution >= 4 is 5.78 Å². The van der Waals surface area contributed by atoms with Crippen LogP contribution in [0.4, 0.5) is 13.2 Å². The van der Waals surface area contributed by atoms with Crippen LogP contribution in [0.5, 0.6) is 5.75 Å². The van der Waals surface area contributed by atoms with Gasteiger partial charge in [-0.1, -0.05) is 30.3 Å². The van der Waals surface area contributed by atoms with Gasteiger partial charge in [0.05, 0.1) is 0 Å². The third-order valence-electron chi connectivity index (χ3n) is 4.78. The number of Topliss-reactive ketones (excluding diaryl/α,β-unsaturated/α-hetero) is 1. The first-order chi connectivity index (χ1) is 13.4. The molecule has 0 atom stereocenters. The Morgan fingerprint density at radius 3 is 2.11 bits per heavy atom. The normalized spacial score (nSPS) is 16.1. The number of halogens is 3. The van der Waals surface area contributed by atoms with Gasteiger partial charge in [0, 0.05) is 51.3 Å². The van der Waals surface area contributed by atoms with Gasteiger partial charge in [-0.15, -0.1) is 13.2 Å². The molecule has 1 saturated heterocycles. The molecule has 0 aliphatic carbocycles. The van der Waals surface area contributed by atoms with Gasteiger partial charge in [0.25, 0.3) is 0 Å². The van der Waals surface area contributed by atoms with Crippen LogP contribution < -0.4 is 4.74 Å². The molecule has 150 valence electrons. The number of piperazine rings is 1. The van der Waals surface area contributed by atoms with Crippen LogP contribution in [0, 0.1) is 0 Å². The van der Waals surface area contributed by atoms with Crippen LogP contribution in [0.2, 0.25) is 0 Å². The quantitative estimate of drug-likeness (QED) is 0.668. The third kappa shape index (κ3) is 6.35. The second kappa shape index (κ2) is 9.21. The average molecular weight is 392 g/mol. The largest absolute Gasteiger partial charge is 0.573 e. The molecule has 1 aliphatic rings. The van der Waals surface area contributed by atoms with Crippen molar-refractivity contribution in [1.82, 2.24) is 9.80 Å². The Bertz CT molecular complexity index is 755. The molecule has 1 heterocycles. The molecule has 0 radical (unpaired) electrons. The number of rotatable bonds is 7. The Morgan fingerprint density at radius 2 is 1.50 bits per heavy atom. The second-order valence-corrected chi connectivity index (χ2v) is 6.85. The van der Waals surface area contributed by atoms with Gasteiger partial charge in [-0.05, 0) is 29.8 Å². The monoisotopic (exact) mass is 392 g/mol. The number of carbonyl (C=O) groups is 1. The second-order valence-electron chi connectivity index (χ2n) is 6.85. The van der Waals surface area contributed by atoms with Crippen LogP contribution in [0.3, 0.4) is 0 Å². The number of ether oxygens (including phenoxy) is 1. The zero-order valence-electron chi connectivity index (χ0n) is 15.5. The lowest BCUT2D eigenvalue weighted by molar-refractivity contribution is -0.274. The zero-order chi connectivity index (χ0) is 20.0. The van der Waals surface area contributed by atoms with Crippen molar-refractivity contribution < 1.29 is 22.7 Å². The van der Waals surface area contributed by atoms with Crippen LogP contribution in [0.25, 0.3) is 0 Å². The highest BCUT2D eigenvalue weighted by molar-refractivity contribution is 5.96. The molecular formula is C21H23F3N2O2. The summed E-state index contributed by atoms with van der Waals surface area (Å²) in [4.78, 5) is 16.9. The van der Waals surface area contributed by atoms with Crippen molar-refractivity contribution in [3.63, 3.8) is 0 Å². The summed E-state index contributed by atoms with van der Waals surface area (Å²) < 4.78 is 40.4. The first-order valence-corrected chi connectivity index (χ1v) is 9.27. The first-order valence-electron chi connectivity index (χ1n) is 9.27. The molecule has 28 heavy (non-hydrogen) atoms. The van der Waals surface area contributed by atoms with Crippen LogP contribution in [0.15, 0.2) is 54.6 Å². The highest BCUT2D eigenvalue weighted by Gasteiger charge is 2.31. The van der Waals surface area contributed by atoms with E-state index in [-0.39, 0.29) is 11.5 Å². The molecule has 0 bridgehead atoms. The molecule has 0 spiro atoms. The van der Waals surface area contributed by atoms with Gasteiger partial charge in [-0.3, -0.25) is 9.69 Å². The smallest absolute Gasteiger partial charge is 0.406 e. The first kappa shape index (κ1) is 20.4. The van der Waals surface area contributed by atoms with Gasteiger partial charge in [0.2, 0.25) is 0 Å². The summed E-state index contributed by atoms with van der Waals surface area (Å²) in [6.07, 6.45) is -4.38. The SMILES string of the molecule is O=C(CCN1CCN(Cc2ccccc2)CC1)c1ccc(OC(F)(F)F)cc1. The summed E-state index contributed by atoms with van der Waals surface area (Å²) in [5, 5.41) is 0. The number of hydrogen-bond donors (Lipinski definition) is 0. The van der Waals surface area contributed by atoms with Gasteiger partial charge in [-0.2, -0.15) is 0 Å². The molecule has 1 aliphatic heterocycles. The maximum Gasteiger partial charge on any atom is 0.573 e. The molecule has 3 rings (SSSR count). The fourth-order valence-corrected chi connectivity index (χ4v) is 3.26. The summed E-state index contributed by atoms with van der Waals surface area (Å²) in [5.41, 5.74) is 1.70. The van der Waals surface area contributed by atoms with E-state index in [4.69, 9.17) is 0 Å². The number of carbonyl (C=O) groups excluding carboxylic acids is 1. The molecular weight excluding hydrogens is 369 g/mol. The lowest BCUT2D eigenvalue weighted by atomic mass is 10.1. The maximum atomic E-state index is 12.3. The lowest BCUT2D eigenvalue weighted by Crippen LogP contribution is -2.46. The summed E-state index contributed by atoms with van der Waals surface area (Å²) in [7, 11) is 0. The van der Waals surface area contributed by atoms with Crippen molar-refractivity contribution in [3.05, 3.63) is 65.7 Å². The number of nitrogens with zero attached hydrogens (tertiary/aromatic N) is 2. The standard InChI is InChI=1S/C21H23F3N2O2/c22-21(23,24)28-19-8-6-18(7-9-19)20(27)10-11-25-12-14-26(15-13-25)16-17-4-2-1-3-5-17/h1-9H,10-16H2. The minimum absolute atomic E-state index is 0.0785.